The molecular formula is C24H28Br2N2O2S. The topological polar surface area (TPSA) is 43.8 Å². The number of benzene rings is 2. The van der Waals surface area contributed by atoms with Crippen molar-refractivity contribution in [2.24, 2.45) is 0 Å². The van der Waals surface area contributed by atoms with Gasteiger partial charge >= 0.3 is 6.03 Å². The van der Waals surface area contributed by atoms with Crippen LogP contribution in [0.1, 0.15) is 36.8 Å². The smallest absolute Gasteiger partial charge is 0.321 e. The number of halogens is 2. The zero-order chi connectivity index (χ0) is 21.8. The summed E-state index contributed by atoms with van der Waals surface area (Å²) in [6.07, 6.45) is 4.11. The summed E-state index contributed by atoms with van der Waals surface area (Å²) in [6.45, 7) is 1.55. The number of rotatable bonds is 9. The van der Waals surface area contributed by atoms with Crippen LogP contribution in [0.2, 0.25) is 0 Å². The minimum atomic E-state index is 0.149. The third-order valence-corrected chi connectivity index (χ3v) is 8.60. The zero-order valence-electron chi connectivity index (χ0n) is 17.4. The van der Waals surface area contributed by atoms with E-state index in [1.54, 1.807) is 0 Å². The molecule has 2 saturated heterocycles. The summed E-state index contributed by atoms with van der Waals surface area (Å²) >= 11 is 9.13. The van der Waals surface area contributed by atoms with Crippen molar-refractivity contribution in [2.45, 2.75) is 56.1 Å². The Morgan fingerprint density at radius 2 is 1.58 bits per heavy atom. The van der Waals surface area contributed by atoms with E-state index in [1.807, 2.05) is 36.0 Å². The van der Waals surface area contributed by atoms with Gasteiger partial charge in [-0.05, 0) is 48.2 Å². The Hall–Kier alpha value is -1.02. The van der Waals surface area contributed by atoms with Crippen molar-refractivity contribution in [3.63, 3.8) is 0 Å². The Labute approximate surface area is 205 Å². The van der Waals surface area contributed by atoms with E-state index >= 15 is 0 Å². The number of amides is 2. The summed E-state index contributed by atoms with van der Waals surface area (Å²) in [4.78, 5) is 17.8. The minimum Gasteiger partial charge on any atom is -0.396 e. The van der Waals surface area contributed by atoms with Crippen LogP contribution in [0.4, 0.5) is 4.79 Å². The molecule has 3 atom stereocenters. The van der Waals surface area contributed by atoms with Crippen LogP contribution in [0.25, 0.3) is 0 Å². The van der Waals surface area contributed by atoms with Crippen molar-refractivity contribution in [3.8, 4) is 0 Å². The van der Waals surface area contributed by atoms with Gasteiger partial charge in [0.05, 0.1) is 12.1 Å². The molecule has 2 aromatic rings. The summed E-state index contributed by atoms with van der Waals surface area (Å²) in [5.74, 6) is 0.990. The Balaban J connectivity index is 1.55. The molecule has 0 aromatic heterocycles. The molecule has 4 rings (SSSR count). The maximum Gasteiger partial charge on any atom is 0.321 e. The summed E-state index contributed by atoms with van der Waals surface area (Å²) < 4.78 is 2.09. The van der Waals surface area contributed by atoms with Gasteiger partial charge in [0.1, 0.15) is 0 Å². The molecule has 0 saturated carbocycles. The molecule has 0 aliphatic carbocycles. The SMILES string of the molecule is O=C1N(Cc2cccc(Br)c2)[C@@H]2[C@H](CCCCCO)SC[C@@H]2N1Cc1cccc(Br)c1. The average Bonchev–Trinajstić information content (AvgIpc) is 3.26. The van der Waals surface area contributed by atoms with Gasteiger partial charge in [0.15, 0.2) is 0 Å². The number of aliphatic hydroxyl groups excluding tert-OH is 1. The third kappa shape index (κ3) is 5.49. The van der Waals surface area contributed by atoms with Gasteiger partial charge in [0.25, 0.3) is 0 Å². The molecule has 2 aromatic carbocycles. The van der Waals surface area contributed by atoms with Gasteiger partial charge in [-0.3, -0.25) is 0 Å². The number of carbonyl (C=O) groups is 1. The monoisotopic (exact) mass is 566 g/mol. The number of hydrogen-bond acceptors (Lipinski definition) is 3. The maximum atomic E-state index is 13.6. The molecule has 2 aliphatic heterocycles. The molecule has 0 unspecified atom stereocenters. The fraction of sp³-hybridized carbons (Fsp3) is 0.458. The third-order valence-electron chi connectivity index (χ3n) is 6.14. The lowest BCUT2D eigenvalue weighted by Gasteiger charge is -2.27. The Bertz CT molecular complexity index is 913. The van der Waals surface area contributed by atoms with Crippen LogP contribution in [0.5, 0.6) is 0 Å². The van der Waals surface area contributed by atoms with Crippen LogP contribution in [0, 0.1) is 0 Å². The first kappa shape index (κ1) is 23.1. The van der Waals surface area contributed by atoms with Crippen molar-refractivity contribution in [3.05, 3.63) is 68.6 Å². The summed E-state index contributed by atoms with van der Waals surface area (Å²) in [5.41, 5.74) is 2.31. The van der Waals surface area contributed by atoms with Crippen molar-refractivity contribution >= 4 is 49.7 Å². The second-order valence-electron chi connectivity index (χ2n) is 8.30. The molecule has 2 heterocycles. The van der Waals surface area contributed by atoms with E-state index in [0.717, 1.165) is 51.5 Å². The number of urea groups is 1. The quantitative estimate of drug-likeness (QED) is 0.296. The predicted molar refractivity (Wildman–Crippen MR) is 134 cm³/mol. The van der Waals surface area contributed by atoms with Crippen LogP contribution in [0.15, 0.2) is 57.5 Å². The van der Waals surface area contributed by atoms with Gasteiger partial charge in [0.2, 0.25) is 0 Å². The van der Waals surface area contributed by atoms with Crippen molar-refractivity contribution in [1.29, 1.82) is 0 Å². The summed E-state index contributed by atoms with van der Waals surface area (Å²) in [6, 6.07) is 17.1. The zero-order valence-corrected chi connectivity index (χ0v) is 21.4. The molecule has 4 nitrogen and oxygen atoms in total. The average molecular weight is 568 g/mol. The highest BCUT2D eigenvalue weighted by Gasteiger charge is 2.52. The van der Waals surface area contributed by atoms with Gasteiger partial charge in [-0.25, -0.2) is 4.79 Å². The van der Waals surface area contributed by atoms with E-state index in [0.29, 0.717) is 18.3 Å². The molecule has 1 N–H and O–H groups in total. The Morgan fingerprint density at radius 3 is 2.19 bits per heavy atom. The van der Waals surface area contributed by atoms with Crippen molar-refractivity contribution in [1.82, 2.24) is 9.80 Å². The highest BCUT2D eigenvalue weighted by molar-refractivity contribution is 9.10. The number of aliphatic hydroxyl groups is 1. The second kappa shape index (κ2) is 10.7. The molecule has 0 bridgehead atoms. The molecule has 166 valence electrons. The largest absolute Gasteiger partial charge is 0.396 e. The van der Waals surface area contributed by atoms with Crippen LogP contribution in [-0.4, -0.2) is 50.6 Å². The van der Waals surface area contributed by atoms with E-state index in [-0.39, 0.29) is 24.7 Å². The van der Waals surface area contributed by atoms with E-state index in [4.69, 9.17) is 5.11 Å². The molecule has 7 heteroatoms. The summed E-state index contributed by atoms with van der Waals surface area (Å²) in [5, 5.41) is 9.55. The number of carbonyl (C=O) groups excluding carboxylic acids is 1. The Morgan fingerprint density at radius 1 is 0.935 bits per heavy atom. The van der Waals surface area contributed by atoms with Gasteiger partial charge in [-0.15, -0.1) is 0 Å². The number of nitrogens with zero attached hydrogens (tertiary/aromatic N) is 2. The molecule has 2 aliphatic rings. The first-order valence-corrected chi connectivity index (χ1v) is 13.5. The molecule has 31 heavy (non-hydrogen) atoms. The van der Waals surface area contributed by atoms with E-state index in [2.05, 4.69) is 65.9 Å². The molecule has 2 fully saturated rings. The first-order chi connectivity index (χ1) is 15.1. The van der Waals surface area contributed by atoms with Gasteiger partial charge < -0.3 is 14.9 Å². The lowest BCUT2D eigenvalue weighted by atomic mass is 10.0. The molecule has 2 amide bonds. The number of fused-ring (bicyclic) bond motifs is 1. The van der Waals surface area contributed by atoms with Crippen LogP contribution < -0.4 is 0 Å². The van der Waals surface area contributed by atoms with E-state index < -0.39 is 0 Å². The fourth-order valence-corrected chi connectivity index (χ4v) is 7.27. The fourth-order valence-electron chi connectivity index (χ4n) is 4.69. The van der Waals surface area contributed by atoms with Gasteiger partial charge in [-0.2, -0.15) is 11.8 Å². The van der Waals surface area contributed by atoms with E-state index in [1.165, 1.54) is 0 Å². The highest BCUT2D eigenvalue weighted by Crippen LogP contribution is 2.43. The summed E-state index contributed by atoms with van der Waals surface area (Å²) in [7, 11) is 0. The number of unbranched alkanes of at least 4 members (excludes halogenated alkanes) is 2. The lowest BCUT2D eigenvalue weighted by molar-refractivity contribution is 0.180. The number of hydrogen-bond donors (Lipinski definition) is 1. The highest BCUT2D eigenvalue weighted by atomic mass is 79.9. The van der Waals surface area contributed by atoms with Gasteiger partial charge in [-0.1, -0.05) is 69.0 Å². The molecule has 0 radical (unpaired) electrons. The Kier molecular flexibility index (Phi) is 8.01. The van der Waals surface area contributed by atoms with Crippen LogP contribution in [-0.2, 0) is 13.1 Å². The predicted octanol–water partition coefficient (Wildman–Crippen LogP) is 6.05. The minimum absolute atomic E-state index is 0.149. The van der Waals surface area contributed by atoms with Crippen molar-refractivity contribution in [2.75, 3.05) is 12.4 Å². The van der Waals surface area contributed by atoms with E-state index in [9.17, 15) is 4.79 Å². The first-order valence-electron chi connectivity index (χ1n) is 10.9. The standard InChI is InChI=1S/C24H28Br2N2O2S/c25-19-8-4-6-17(12-19)14-27-21-16-31-22(10-2-1-3-11-29)23(21)28(24(27)30)15-18-7-5-9-20(26)13-18/h4-9,12-13,21-23,29H,1-3,10-11,14-16H2/t21-,22-,23-/m0/s1. The molecular weight excluding hydrogens is 540 g/mol. The van der Waals surface area contributed by atoms with Crippen molar-refractivity contribution < 1.29 is 9.90 Å². The molecule has 0 spiro atoms. The normalized spacial score (nSPS) is 22.9. The second-order valence-corrected chi connectivity index (χ2v) is 11.4. The number of thioether (sulfide) groups is 1. The maximum absolute atomic E-state index is 13.6. The van der Waals surface area contributed by atoms with Crippen LogP contribution >= 0.6 is 43.6 Å². The van der Waals surface area contributed by atoms with Gasteiger partial charge in [0, 0.05) is 39.6 Å². The lowest BCUT2D eigenvalue weighted by Crippen LogP contribution is -2.40. The van der Waals surface area contributed by atoms with Crippen LogP contribution in [0.3, 0.4) is 0 Å².